The molecule has 0 N–H and O–H groups in total. The van der Waals surface area contributed by atoms with E-state index in [1.165, 1.54) is 15.0 Å². The van der Waals surface area contributed by atoms with E-state index in [4.69, 9.17) is 4.74 Å². The number of anilines is 1. The topological polar surface area (TPSA) is 69.2 Å². The van der Waals surface area contributed by atoms with Gasteiger partial charge < -0.3 is 19.4 Å². The van der Waals surface area contributed by atoms with Crippen molar-refractivity contribution >= 4 is 39.1 Å². The number of aryl methyl sites for hydroxylation is 1. The summed E-state index contributed by atoms with van der Waals surface area (Å²) in [5.41, 5.74) is 0. The summed E-state index contributed by atoms with van der Waals surface area (Å²) in [6.07, 6.45) is 3.83. The van der Waals surface area contributed by atoms with Crippen LogP contribution in [0, 0.1) is 12.8 Å². The van der Waals surface area contributed by atoms with Crippen LogP contribution in [0.25, 0.3) is 10.1 Å². The Morgan fingerprint density at radius 1 is 1.09 bits per heavy atom. The van der Waals surface area contributed by atoms with Crippen molar-refractivity contribution in [2.75, 3.05) is 77.0 Å². The van der Waals surface area contributed by atoms with Crippen LogP contribution in [-0.4, -0.2) is 104 Å². The predicted octanol–water partition coefficient (Wildman–Crippen LogP) is 1.82. The van der Waals surface area contributed by atoms with Gasteiger partial charge in [-0.15, -0.1) is 11.3 Å². The molecule has 5 heterocycles. The highest BCUT2D eigenvalue weighted by Gasteiger charge is 2.32. The fourth-order valence-corrected chi connectivity index (χ4v) is 6.10. The molecule has 8 nitrogen and oxygen atoms in total. The number of ether oxygens (including phenoxy) is 1. The number of fused-ring (bicyclic) bond motifs is 1. The minimum absolute atomic E-state index is 0.0112. The number of carbonyl (C=O) groups is 2. The lowest BCUT2D eigenvalue weighted by Gasteiger charge is -2.39. The quantitative estimate of drug-likeness (QED) is 0.678. The molecule has 0 bridgehead atoms. The molecule has 9 heteroatoms. The second-order valence-corrected chi connectivity index (χ2v) is 10.6. The highest BCUT2D eigenvalue weighted by molar-refractivity contribution is 7.19. The molecule has 33 heavy (non-hydrogen) atoms. The van der Waals surface area contributed by atoms with Gasteiger partial charge >= 0.3 is 0 Å². The number of thiophene rings is 1. The Hall–Kier alpha value is -2.23. The van der Waals surface area contributed by atoms with E-state index in [2.05, 4.69) is 33.8 Å². The maximum Gasteiger partial charge on any atom is 0.236 e. The van der Waals surface area contributed by atoms with Crippen molar-refractivity contribution in [3.63, 3.8) is 0 Å². The molecular weight excluding hydrogens is 438 g/mol. The van der Waals surface area contributed by atoms with Crippen molar-refractivity contribution in [3.8, 4) is 0 Å². The number of morpholine rings is 1. The lowest BCUT2D eigenvalue weighted by atomic mass is 9.96. The van der Waals surface area contributed by atoms with Gasteiger partial charge in [0.05, 0.1) is 25.7 Å². The van der Waals surface area contributed by atoms with Crippen LogP contribution < -0.4 is 4.90 Å². The van der Waals surface area contributed by atoms with Crippen molar-refractivity contribution in [2.24, 2.45) is 5.92 Å². The lowest BCUT2D eigenvalue weighted by molar-refractivity contribution is -0.139. The van der Waals surface area contributed by atoms with Gasteiger partial charge in [0.25, 0.3) is 0 Å². The molecule has 1 atom stereocenters. The molecule has 0 unspecified atom stereocenters. The van der Waals surface area contributed by atoms with Crippen LogP contribution in [0.15, 0.2) is 18.3 Å². The molecule has 5 rings (SSSR count). The van der Waals surface area contributed by atoms with Crippen LogP contribution in [0.2, 0.25) is 0 Å². The van der Waals surface area contributed by atoms with Crippen LogP contribution in [0.1, 0.15) is 17.7 Å². The van der Waals surface area contributed by atoms with Gasteiger partial charge in [0, 0.05) is 73.5 Å². The normalized spacial score (nSPS) is 22.7. The molecule has 3 aliphatic rings. The Kier molecular flexibility index (Phi) is 6.80. The maximum atomic E-state index is 13.3. The number of hydrogen-bond acceptors (Lipinski definition) is 7. The molecule has 178 valence electrons. The predicted molar refractivity (Wildman–Crippen MR) is 130 cm³/mol. The summed E-state index contributed by atoms with van der Waals surface area (Å²) in [4.78, 5) is 40.2. The third-order valence-corrected chi connectivity index (χ3v) is 8.04. The number of pyridine rings is 1. The highest BCUT2D eigenvalue weighted by Crippen LogP contribution is 2.33. The van der Waals surface area contributed by atoms with E-state index in [-0.39, 0.29) is 17.7 Å². The fourth-order valence-electron chi connectivity index (χ4n) is 5.19. The highest BCUT2D eigenvalue weighted by atomic mass is 32.1. The fraction of sp³-hybridized carbons (Fsp3) is 0.625. The van der Waals surface area contributed by atoms with Crippen LogP contribution in [0.5, 0.6) is 0 Å². The number of rotatable bonds is 4. The standard InChI is InChI=1S/C24H33N5O3S/c1-18-15-20-21(33-18)4-5-25-23(20)29-6-2-3-19(16-29)24(31)28-9-7-26(8-10-28)17-22(30)27-11-13-32-14-12-27/h4-5,15,19H,2-3,6-14,16-17H2,1H3/t19-/m0/s1. The van der Waals surface area contributed by atoms with Gasteiger partial charge in [0.15, 0.2) is 0 Å². The molecule has 0 spiro atoms. The van der Waals surface area contributed by atoms with Gasteiger partial charge in [-0.25, -0.2) is 4.98 Å². The summed E-state index contributed by atoms with van der Waals surface area (Å²) >= 11 is 1.79. The number of piperidine rings is 1. The molecule has 0 saturated carbocycles. The Balaban J connectivity index is 1.16. The van der Waals surface area contributed by atoms with Gasteiger partial charge in [-0.05, 0) is 31.9 Å². The summed E-state index contributed by atoms with van der Waals surface area (Å²) in [5.74, 6) is 1.46. The smallest absolute Gasteiger partial charge is 0.236 e. The van der Waals surface area contributed by atoms with E-state index in [1.54, 1.807) is 11.3 Å². The Labute approximate surface area is 199 Å². The Morgan fingerprint density at radius 2 is 1.88 bits per heavy atom. The third-order valence-electron chi connectivity index (χ3n) is 7.02. The molecule has 3 saturated heterocycles. The zero-order valence-corrected chi connectivity index (χ0v) is 20.2. The molecular formula is C24H33N5O3S. The van der Waals surface area contributed by atoms with E-state index in [0.29, 0.717) is 45.9 Å². The van der Waals surface area contributed by atoms with Crippen molar-refractivity contribution in [1.29, 1.82) is 0 Å². The molecule has 3 fully saturated rings. The summed E-state index contributed by atoms with van der Waals surface area (Å²) in [6, 6.07) is 4.29. The summed E-state index contributed by atoms with van der Waals surface area (Å²) in [5, 5.41) is 1.20. The molecule has 2 aromatic rings. The average Bonchev–Trinajstić information content (AvgIpc) is 3.25. The zero-order valence-electron chi connectivity index (χ0n) is 19.4. The lowest BCUT2D eigenvalue weighted by Crippen LogP contribution is -2.54. The Bertz CT molecular complexity index is 997. The zero-order chi connectivity index (χ0) is 22.8. The molecule has 0 aliphatic carbocycles. The molecule has 2 amide bonds. The second-order valence-electron chi connectivity index (χ2n) is 9.28. The minimum Gasteiger partial charge on any atom is -0.378 e. The SMILES string of the molecule is Cc1cc2c(N3CCC[C@H](C(=O)N4CCN(CC(=O)N5CCOCC5)CC4)C3)nccc2s1. The monoisotopic (exact) mass is 471 g/mol. The summed E-state index contributed by atoms with van der Waals surface area (Å²) in [6.45, 7) is 9.78. The van der Waals surface area contributed by atoms with Crippen molar-refractivity contribution < 1.29 is 14.3 Å². The number of hydrogen-bond donors (Lipinski definition) is 0. The van der Waals surface area contributed by atoms with Gasteiger partial charge in [0.2, 0.25) is 11.8 Å². The molecule has 0 radical (unpaired) electrons. The van der Waals surface area contributed by atoms with Crippen molar-refractivity contribution in [1.82, 2.24) is 19.7 Å². The number of piperazine rings is 1. The first-order chi connectivity index (χ1) is 16.1. The summed E-state index contributed by atoms with van der Waals surface area (Å²) in [7, 11) is 0. The first-order valence-corrected chi connectivity index (χ1v) is 12.9. The molecule has 3 aliphatic heterocycles. The Morgan fingerprint density at radius 3 is 2.67 bits per heavy atom. The number of nitrogens with zero attached hydrogens (tertiary/aromatic N) is 5. The number of amides is 2. The van der Waals surface area contributed by atoms with Gasteiger partial charge in [-0.3, -0.25) is 14.5 Å². The molecule has 2 aromatic heterocycles. The van der Waals surface area contributed by atoms with E-state index < -0.39 is 0 Å². The van der Waals surface area contributed by atoms with Gasteiger partial charge in [-0.2, -0.15) is 0 Å². The molecule has 0 aromatic carbocycles. The van der Waals surface area contributed by atoms with E-state index in [0.717, 1.165) is 44.8 Å². The second kappa shape index (κ2) is 9.95. The third kappa shape index (κ3) is 5.00. The van der Waals surface area contributed by atoms with E-state index in [9.17, 15) is 9.59 Å². The maximum absolute atomic E-state index is 13.3. The van der Waals surface area contributed by atoms with Crippen LogP contribution >= 0.6 is 11.3 Å². The number of carbonyl (C=O) groups excluding carboxylic acids is 2. The number of aromatic nitrogens is 1. The first kappa shape index (κ1) is 22.6. The van der Waals surface area contributed by atoms with Crippen molar-refractivity contribution in [3.05, 3.63) is 23.2 Å². The van der Waals surface area contributed by atoms with Crippen LogP contribution in [-0.2, 0) is 14.3 Å². The average molecular weight is 472 g/mol. The van der Waals surface area contributed by atoms with E-state index >= 15 is 0 Å². The van der Waals surface area contributed by atoms with Crippen molar-refractivity contribution in [2.45, 2.75) is 19.8 Å². The summed E-state index contributed by atoms with van der Waals surface area (Å²) < 4.78 is 6.60. The largest absolute Gasteiger partial charge is 0.378 e. The van der Waals surface area contributed by atoms with Crippen LogP contribution in [0.4, 0.5) is 5.82 Å². The van der Waals surface area contributed by atoms with Gasteiger partial charge in [-0.1, -0.05) is 0 Å². The minimum atomic E-state index is 0.0112. The first-order valence-electron chi connectivity index (χ1n) is 12.1. The van der Waals surface area contributed by atoms with Gasteiger partial charge in [0.1, 0.15) is 5.82 Å². The van der Waals surface area contributed by atoms with Crippen LogP contribution in [0.3, 0.4) is 0 Å². The van der Waals surface area contributed by atoms with E-state index in [1.807, 2.05) is 16.0 Å².